The number of amides is 1. The number of carbonyl (C=O) groups excluding carboxylic acids is 1. The van der Waals surface area contributed by atoms with E-state index in [4.69, 9.17) is 10.5 Å². The second-order valence-corrected chi connectivity index (χ2v) is 9.01. The highest BCUT2D eigenvalue weighted by Gasteiger charge is 2.28. The summed E-state index contributed by atoms with van der Waals surface area (Å²) >= 11 is 0. The minimum Gasteiger partial charge on any atom is -0.477 e. The van der Waals surface area contributed by atoms with Gasteiger partial charge >= 0.3 is 6.11 Å². The topological polar surface area (TPSA) is 88.9 Å². The zero-order valence-electron chi connectivity index (χ0n) is 19.9. The van der Waals surface area contributed by atoms with Crippen molar-refractivity contribution in [1.29, 1.82) is 0 Å². The number of piperidine rings is 1. The van der Waals surface area contributed by atoms with Gasteiger partial charge in [0.2, 0.25) is 0 Å². The molecule has 2 aliphatic heterocycles. The standard InChI is InChI=1S/C26H30F2N4O3/c1-17-5-7-21(18(14-17)4-3-11-32-12-9-19(29)10-13-32)31-25(33)24-16-30-22-15-20(35-26(2,27)28)6-8-23(22)34-24/h5-8,14-15,19,24,30H,9-13,16,29H2,1-2H3,(H,31,33). The fourth-order valence-corrected chi connectivity index (χ4v) is 4.01. The molecule has 0 aliphatic carbocycles. The molecule has 9 heteroatoms. The Hall–Kier alpha value is -3.35. The molecule has 7 nitrogen and oxygen atoms in total. The highest BCUT2D eigenvalue weighted by Crippen LogP contribution is 2.34. The second-order valence-electron chi connectivity index (χ2n) is 9.01. The molecule has 4 N–H and O–H groups in total. The fourth-order valence-electron chi connectivity index (χ4n) is 4.01. The van der Waals surface area contributed by atoms with Crippen LogP contribution < -0.4 is 25.8 Å². The van der Waals surface area contributed by atoms with E-state index in [0.29, 0.717) is 30.6 Å². The zero-order valence-corrected chi connectivity index (χ0v) is 19.9. The quantitative estimate of drug-likeness (QED) is 0.563. The van der Waals surface area contributed by atoms with Gasteiger partial charge in [-0.1, -0.05) is 17.9 Å². The molecule has 1 atom stereocenters. The highest BCUT2D eigenvalue weighted by atomic mass is 19.3. The SMILES string of the molecule is Cc1ccc(NC(=O)C2CNc3cc(OC(C)(F)F)ccc3O2)c(C#CCN2CCC(N)CC2)c1. The van der Waals surface area contributed by atoms with E-state index in [1.54, 1.807) is 0 Å². The van der Waals surface area contributed by atoms with Gasteiger partial charge < -0.3 is 25.8 Å². The number of carbonyl (C=O) groups is 1. The number of alkyl halides is 2. The molecule has 1 fully saturated rings. The molecule has 1 amide bonds. The number of fused-ring (bicyclic) bond motifs is 1. The first-order chi connectivity index (χ1) is 16.7. The third kappa shape index (κ3) is 6.84. The highest BCUT2D eigenvalue weighted by molar-refractivity contribution is 5.96. The van der Waals surface area contributed by atoms with Crippen LogP contribution in [0.5, 0.6) is 11.5 Å². The lowest BCUT2D eigenvalue weighted by atomic mass is 10.1. The van der Waals surface area contributed by atoms with Crippen molar-refractivity contribution in [2.45, 2.75) is 44.9 Å². The zero-order chi connectivity index (χ0) is 25.0. The van der Waals surface area contributed by atoms with E-state index in [1.165, 1.54) is 18.2 Å². The number of anilines is 2. The number of hydrogen-bond donors (Lipinski definition) is 3. The molecule has 1 saturated heterocycles. The molecule has 4 rings (SSSR count). The van der Waals surface area contributed by atoms with Crippen LogP contribution in [0.25, 0.3) is 0 Å². The van der Waals surface area contributed by atoms with Crippen molar-refractivity contribution in [2.24, 2.45) is 5.73 Å². The Balaban J connectivity index is 1.40. The van der Waals surface area contributed by atoms with Gasteiger partial charge in [-0.05, 0) is 49.6 Å². The van der Waals surface area contributed by atoms with E-state index in [9.17, 15) is 13.6 Å². The van der Waals surface area contributed by atoms with Gasteiger partial charge in [0, 0.05) is 37.7 Å². The van der Waals surface area contributed by atoms with Gasteiger partial charge in [0.15, 0.2) is 6.10 Å². The first-order valence-electron chi connectivity index (χ1n) is 11.7. The minimum atomic E-state index is -3.29. The van der Waals surface area contributed by atoms with Crippen LogP contribution in [0.2, 0.25) is 0 Å². The smallest absolute Gasteiger partial charge is 0.394 e. The third-order valence-electron chi connectivity index (χ3n) is 5.88. The average molecular weight is 485 g/mol. The van der Waals surface area contributed by atoms with Gasteiger partial charge in [0.25, 0.3) is 5.91 Å². The van der Waals surface area contributed by atoms with Crippen LogP contribution in [0.15, 0.2) is 36.4 Å². The maximum absolute atomic E-state index is 13.1. The summed E-state index contributed by atoms with van der Waals surface area (Å²) in [7, 11) is 0. The van der Waals surface area contributed by atoms with Crippen molar-refractivity contribution in [1.82, 2.24) is 4.90 Å². The molecular formula is C26H30F2N4O3. The molecule has 186 valence electrons. The maximum Gasteiger partial charge on any atom is 0.394 e. The third-order valence-corrected chi connectivity index (χ3v) is 5.88. The Morgan fingerprint density at radius 1 is 1.29 bits per heavy atom. The van der Waals surface area contributed by atoms with Crippen LogP contribution >= 0.6 is 0 Å². The number of hydrogen-bond acceptors (Lipinski definition) is 6. The van der Waals surface area contributed by atoms with Crippen molar-refractivity contribution in [2.75, 3.05) is 36.8 Å². The van der Waals surface area contributed by atoms with E-state index in [1.807, 2.05) is 25.1 Å². The summed E-state index contributed by atoms with van der Waals surface area (Å²) in [5.74, 6) is 6.46. The normalized spacial score (nSPS) is 18.4. The van der Waals surface area contributed by atoms with Crippen molar-refractivity contribution < 1.29 is 23.0 Å². The summed E-state index contributed by atoms with van der Waals surface area (Å²) in [5.41, 5.74) is 8.83. The van der Waals surface area contributed by atoms with Crippen LogP contribution in [0.4, 0.5) is 20.2 Å². The molecule has 2 aromatic carbocycles. The Morgan fingerprint density at radius 2 is 2.06 bits per heavy atom. The predicted octanol–water partition coefficient (Wildman–Crippen LogP) is 3.57. The van der Waals surface area contributed by atoms with Crippen molar-refractivity contribution in [3.8, 4) is 23.3 Å². The molecule has 2 heterocycles. The van der Waals surface area contributed by atoms with Gasteiger partial charge in [0.1, 0.15) is 11.5 Å². The lowest BCUT2D eigenvalue weighted by Gasteiger charge is -2.28. The number of ether oxygens (including phenoxy) is 2. The molecule has 35 heavy (non-hydrogen) atoms. The molecule has 0 radical (unpaired) electrons. The van der Waals surface area contributed by atoms with Crippen molar-refractivity contribution >= 4 is 17.3 Å². The van der Waals surface area contributed by atoms with E-state index < -0.39 is 12.2 Å². The molecule has 2 aliphatic rings. The number of nitrogens with one attached hydrogen (secondary N) is 2. The van der Waals surface area contributed by atoms with Crippen LogP contribution in [-0.4, -0.2) is 55.2 Å². The lowest BCUT2D eigenvalue weighted by molar-refractivity contribution is -0.158. The summed E-state index contributed by atoms with van der Waals surface area (Å²) in [6.45, 7) is 5.35. The molecule has 0 saturated carbocycles. The van der Waals surface area contributed by atoms with Gasteiger partial charge in [-0.3, -0.25) is 9.69 Å². The van der Waals surface area contributed by atoms with E-state index in [2.05, 4.69) is 32.1 Å². The summed E-state index contributed by atoms with van der Waals surface area (Å²) in [4.78, 5) is 15.2. The Labute approximate surface area is 204 Å². The first kappa shape index (κ1) is 24.8. The molecule has 0 aromatic heterocycles. The summed E-state index contributed by atoms with van der Waals surface area (Å²) in [6.07, 6.45) is -2.14. The van der Waals surface area contributed by atoms with Gasteiger partial charge in [-0.2, -0.15) is 8.78 Å². The molecule has 2 aromatic rings. The monoisotopic (exact) mass is 484 g/mol. The van der Waals surface area contributed by atoms with Crippen LogP contribution in [0.3, 0.4) is 0 Å². The van der Waals surface area contributed by atoms with Crippen LogP contribution in [0.1, 0.15) is 30.9 Å². The minimum absolute atomic E-state index is 0.00511. The maximum atomic E-state index is 13.1. The number of nitrogens with two attached hydrogens (primary N) is 1. The second kappa shape index (κ2) is 10.5. The molecular weight excluding hydrogens is 454 g/mol. The van der Waals surface area contributed by atoms with Crippen molar-refractivity contribution in [3.05, 3.63) is 47.5 Å². The number of aryl methyl sites for hydroxylation is 1. The Kier molecular flexibility index (Phi) is 7.43. The Morgan fingerprint density at radius 3 is 2.80 bits per heavy atom. The largest absolute Gasteiger partial charge is 0.477 e. The number of nitrogens with zero attached hydrogens (tertiary/aromatic N) is 1. The number of halogens is 2. The summed E-state index contributed by atoms with van der Waals surface area (Å²) in [5, 5.41) is 5.96. The Bertz CT molecular complexity index is 1130. The average Bonchev–Trinajstić information content (AvgIpc) is 2.80. The number of rotatable bonds is 5. The van der Waals surface area contributed by atoms with E-state index in [-0.39, 0.29) is 24.2 Å². The number of likely N-dealkylation sites (tertiary alicyclic amines) is 1. The summed E-state index contributed by atoms with van der Waals surface area (Å²) < 4.78 is 36.6. The fraction of sp³-hybridized carbons (Fsp3) is 0.423. The first-order valence-corrected chi connectivity index (χ1v) is 11.7. The van der Waals surface area contributed by atoms with Crippen LogP contribution in [-0.2, 0) is 4.79 Å². The van der Waals surface area contributed by atoms with Crippen LogP contribution in [0, 0.1) is 18.8 Å². The number of benzene rings is 2. The molecule has 1 unspecified atom stereocenters. The molecule has 0 bridgehead atoms. The van der Waals surface area contributed by atoms with Gasteiger partial charge in [-0.25, -0.2) is 0 Å². The predicted molar refractivity (Wildman–Crippen MR) is 131 cm³/mol. The van der Waals surface area contributed by atoms with Gasteiger partial charge in [0.05, 0.1) is 24.5 Å². The molecule has 0 spiro atoms. The van der Waals surface area contributed by atoms with Crippen molar-refractivity contribution in [3.63, 3.8) is 0 Å². The van der Waals surface area contributed by atoms with Gasteiger partial charge in [-0.15, -0.1) is 0 Å². The van der Waals surface area contributed by atoms with E-state index in [0.717, 1.165) is 37.1 Å². The summed E-state index contributed by atoms with van der Waals surface area (Å²) in [6, 6.07) is 10.3. The van der Waals surface area contributed by atoms with E-state index >= 15 is 0 Å². The lowest BCUT2D eigenvalue weighted by Crippen LogP contribution is -2.41.